The number of thiazole rings is 1. The number of Topliss-reactive ketones (excluding diaryl/α,β-unsaturated/α-hetero) is 1. The maximum absolute atomic E-state index is 13.8. The van der Waals surface area contributed by atoms with Crippen molar-refractivity contribution in [2.24, 2.45) is 0 Å². The third-order valence-electron chi connectivity index (χ3n) is 7.65. The summed E-state index contributed by atoms with van der Waals surface area (Å²) in [5, 5.41) is 11.8. The van der Waals surface area contributed by atoms with Crippen LogP contribution in [0.4, 0.5) is 5.13 Å². The lowest BCUT2D eigenvalue weighted by Crippen LogP contribution is -2.29. The number of esters is 1. The Morgan fingerprint density at radius 3 is 2.60 bits per heavy atom. The zero-order valence-electron chi connectivity index (χ0n) is 26.2. The molecule has 0 bridgehead atoms. The fraction of sp³-hybridized carbons (Fsp3) is 0.412. The number of aromatic nitrogens is 1. The Balaban J connectivity index is 1.65. The minimum absolute atomic E-state index is 0.00981. The summed E-state index contributed by atoms with van der Waals surface area (Å²) in [4.78, 5) is 46.1. The maximum atomic E-state index is 13.8. The molecule has 2 aliphatic rings. The monoisotopic (exact) mass is 634 g/mol. The van der Waals surface area contributed by atoms with Crippen LogP contribution >= 0.6 is 11.3 Å². The van der Waals surface area contributed by atoms with E-state index < -0.39 is 23.7 Å². The van der Waals surface area contributed by atoms with Crippen molar-refractivity contribution >= 4 is 39.9 Å². The molecule has 3 aromatic rings. The van der Waals surface area contributed by atoms with Gasteiger partial charge in [-0.3, -0.25) is 14.5 Å². The number of hydrogen-bond acceptors (Lipinski definition) is 10. The van der Waals surface area contributed by atoms with Gasteiger partial charge in [0.25, 0.3) is 5.78 Å². The van der Waals surface area contributed by atoms with Gasteiger partial charge in [0.2, 0.25) is 0 Å². The molecular weight excluding hydrogens is 596 g/mol. The van der Waals surface area contributed by atoms with E-state index in [1.165, 1.54) is 4.90 Å². The number of hydrogen-bond donors (Lipinski definition) is 1. The molecule has 2 atom stereocenters. The van der Waals surface area contributed by atoms with Crippen LogP contribution in [-0.2, 0) is 20.7 Å². The Labute approximate surface area is 266 Å². The van der Waals surface area contributed by atoms with Gasteiger partial charge in [-0.1, -0.05) is 37.2 Å². The summed E-state index contributed by atoms with van der Waals surface area (Å²) in [6.07, 6.45) is 3.63. The molecule has 5 rings (SSSR count). The molecule has 2 aromatic carbocycles. The number of carbonyl (C=O) groups is 3. The van der Waals surface area contributed by atoms with Gasteiger partial charge in [0.15, 0.2) is 16.6 Å². The number of ketones is 1. The van der Waals surface area contributed by atoms with E-state index in [0.717, 1.165) is 41.9 Å². The molecule has 45 heavy (non-hydrogen) atoms. The van der Waals surface area contributed by atoms with E-state index in [-0.39, 0.29) is 34.1 Å². The van der Waals surface area contributed by atoms with Crippen LogP contribution < -0.4 is 19.1 Å². The van der Waals surface area contributed by atoms with E-state index in [2.05, 4.69) is 11.9 Å². The molecule has 10 nitrogen and oxygen atoms in total. The van der Waals surface area contributed by atoms with E-state index in [9.17, 15) is 19.5 Å². The fourth-order valence-electron chi connectivity index (χ4n) is 5.56. The van der Waals surface area contributed by atoms with Crippen LogP contribution in [0.5, 0.6) is 17.2 Å². The number of amides is 1. The lowest BCUT2D eigenvalue weighted by Gasteiger charge is -2.24. The van der Waals surface area contributed by atoms with Crippen molar-refractivity contribution in [3.8, 4) is 17.2 Å². The molecule has 0 unspecified atom stereocenters. The minimum Gasteiger partial charge on any atom is -0.507 e. The second-order valence-electron chi connectivity index (χ2n) is 11.0. The highest BCUT2D eigenvalue weighted by molar-refractivity contribution is 7.17. The molecule has 1 saturated heterocycles. The Morgan fingerprint density at radius 1 is 1.07 bits per heavy atom. The fourth-order valence-corrected chi connectivity index (χ4v) is 6.55. The number of aliphatic hydroxyl groups is 1. The van der Waals surface area contributed by atoms with Gasteiger partial charge in [0.1, 0.15) is 22.5 Å². The van der Waals surface area contributed by atoms with E-state index >= 15 is 0 Å². The smallest absolute Gasteiger partial charge is 0.350 e. The zero-order valence-corrected chi connectivity index (χ0v) is 27.0. The van der Waals surface area contributed by atoms with E-state index in [1.807, 2.05) is 13.8 Å². The lowest BCUT2D eigenvalue weighted by molar-refractivity contribution is -0.132. The van der Waals surface area contributed by atoms with Crippen molar-refractivity contribution in [3.05, 3.63) is 69.2 Å². The van der Waals surface area contributed by atoms with Crippen molar-refractivity contribution in [1.82, 2.24) is 4.98 Å². The molecule has 0 spiro atoms. The third-order valence-corrected chi connectivity index (χ3v) is 8.79. The van der Waals surface area contributed by atoms with Gasteiger partial charge < -0.3 is 24.1 Å². The number of aliphatic hydroxyl groups excluding tert-OH is 1. The Bertz CT molecular complexity index is 1640. The molecule has 3 heterocycles. The SMILES string of the molecule is CCCCCOc1ccc([C@H]2/C(=C(\O)c3ccc4c(c3)C[C@H](C)O4)C(=O)C(=O)N2c2nc(C)c(C(=O)OCC)s2)cc1OCC. The molecule has 2 aliphatic heterocycles. The summed E-state index contributed by atoms with van der Waals surface area (Å²) >= 11 is 0.959. The summed E-state index contributed by atoms with van der Waals surface area (Å²) in [6.45, 7) is 10.3. The number of ether oxygens (including phenoxy) is 4. The average molecular weight is 635 g/mol. The van der Waals surface area contributed by atoms with Gasteiger partial charge in [0, 0.05) is 12.0 Å². The minimum atomic E-state index is -1.07. The van der Waals surface area contributed by atoms with Gasteiger partial charge in [-0.2, -0.15) is 0 Å². The molecule has 0 aliphatic carbocycles. The van der Waals surface area contributed by atoms with Crippen molar-refractivity contribution in [2.45, 2.75) is 72.4 Å². The van der Waals surface area contributed by atoms with Crippen LogP contribution in [0.25, 0.3) is 5.76 Å². The summed E-state index contributed by atoms with van der Waals surface area (Å²) < 4.78 is 22.9. The number of fused-ring (bicyclic) bond motifs is 1. The van der Waals surface area contributed by atoms with E-state index in [4.69, 9.17) is 18.9 Å². The number of benzene rings is 2. The molecular formula is C34H38N2O8S. The van der Waals surface area contributed by atoms with Crippen LogP contribution in [0, 0.1) is 6.92 Å². The first kappa shape index (κ1) is 32.0. The van der Waals surface area contributed by atoms with Gasteiger partial charge in [0.05, 0.1) is 37.1 Å². The number of anilines is 1. The van der Waals surface area contributed by atoms with Crippen molar-refractivity contribution in [1.29, 1.82) is 0 Å². The van der Waals surface area contributed by atoms with Crippen LogP contribution in [-0.4, -0.2) is 53.7 Å². The number of carbonyl (C=O) groups excluding carboxylic acids is 3. The third kappa shape index (κ3) is 6.40. The highest BCUT2D eigenvalue weighted by atomic mass is 32.1. The van der Waals surface area contributed by atoms with Crippen LogP contribution in [0.2, 0.25) is 0 Å². The summed E-state index contributed by atoms with van der Waals surface area (Å²) in [5.74, 6) is -0.923. The molecule has 1 amide bonds. The number of unbranched alkanes of at least 4 members (excludes halogenated alkanes) is 2. The first-order valence-corrected chi connectivity index (χ1v) is 16.1. The molecule has 1 aromatic heterocycles. The van der Waals surface area contributed by atoms with Crippen LogP contribution in [0.1, 0.15) is 85.1 Å². The summed E-state index contributed by atoms with van der Waals surface area (Å²) in [7, 11) is 0. The van der Waals surface area contributed by atoms with E-state index in [1.54, 1.807) is 50.2 Å². The van der Waals surface area contributed by atoms with Gasteiger partial charge in [-0.25, -0.2) is 9.78 Å². The molecule has 1 fully saturated rings. The Kier molecular flexibility index (Phi) is 9.77. The largest absolute Gasteiger partial charge is 0.507 e. The van der Waals surface area contributed by atoms with E-state index in [0.29, 0.717) is 48.0 Å². The molecule has 238 valence electrons. The normalized spacial score (nSPS) is 18.6. The molecule has 11 heteroatoms. The topological polar surface area (TPSA) is 124 Å². The number of aryl methyl sites for hydroxylation is 1. The van der Waals surface area contributed by atoms with Gasteiger partial charge in [-0.05, 0) is 75.6 Å². The van der Waals surface area contributed by atoms with Gasteiger partial charge >= 0.3 is 11.9 Å². The van der Waals surface area contributed by atoms with Crippen molar-refractivity contribution in [3.63, 3.8) is 0 Å². The first-order chi connectivity index (χ1) is 21.7. The highest BCUT2D eigenvalue weighted by Gasteiger charge is 2.49. The standard InChI is InChI=1S/C34H38N2O8S/c1-6-9-10-15-43-25-14-11-21(18-26(25)41-7-2)28-27(29(37)22-12-13-24-23(17-22)16-19(4)44-24)30(38)32(39)36(28)34-35-20(5)31(45-34)33(40)42-8-3/h11-14,17-19,28,37H,6-10,15-16H2,1-5H3/b29-27+/t19-,28-/m0/s1. The predicted octanol–water partition coefficient (Wildman–Crippen LogP) is 6.55. The molecule has 1 N–H and O–H groups in total. The van der Waals surface area contributed by atoms with Crippen LogP contribution in [0.3, 0.4) is 0 Å². The second kappa shape index (κ2) is 13.7. The number of rotatable bonds is 12. The Morgan fingerprint density at radius 2 is 1.87 bits per heavy atom. The quantitative estimate of drug-likeness (QED) is 0.0777. The molecule has 0 saturated carbocycles. The zero-order chi connectivity index (χ0) is 32.2. The van der Waals surface area contributed by atoms with Crippen molar-refractivity contribution in [2.75, 3.05) is 24.7 Å². The molecule has 0 radical (unpaired) electrons. The lowest BCUT2D eigenvalue weighted by atomic mass is 9.94. The Hall–Kier alpha value is -4.38. The average Bonchev–Trinajstić information content (AvgIpc) is 3.67. The highest BCUT2D eigenvalue weighted by Crippen LogP contribution is 2.46. The predicted molar refractivity (Wildman–Crippen MR) is 170 cm³/mol. The number of nitrogens with zero attached hydrogens (tertiary/aromatic N) is 2. The maximum Gasteiger partial charge on any atom is 0.350 e. The van der Waals surface area contributed by atoms with Gasteiger partial charge in [-0.15, -0.1) is 0 Å². The van der Waals surface area contributed by atoms with Crippen molar-refractivity contribution < 1.29 is 38.4 Å². The summed E-state index contributed by atoms with van der Waals surface area (Å²) in [5.41, 5.74) is 2.06. The van der Waals surface area contributed by atoms with Crippen LogP contribution in [0.15, 0.2) is 42.0 Å². The summed E-state index contributed by atoms with van der Waals surface area (Å²) in [6, 6.07) is 9.36. The second-order valence-corrected chi connectivity index (χ2v) is 11.9. The first-order valence-electron chi connectivity index (χ1n) is 15.3.